The van der Waals surface area contributed by atoms with Crippen LogP contribution in [0.25, 0.3) is 0 Å². The van der Waals surface area contributed by atoms with Gasteiger partial charge in [0.15, 0.2) is 0 Å². The predicted molar refractivity (Wildman–Crippen MR) is 79.0 cm³/mol. The summed E-state index contributed by atoms with van der Waals surface area (Å²) in [5, 5.41) is 8.93. The Hall–Kier alpha value is -1.60. The summed E-state index contributed by atoms with van der Waals surface area (Å²) in [4.78, 5) is 11.0. The van der Waals surface area contributed by atoms with E-state index in [1.165, 1.54) is 12.1 Å². The molecule has 1 aromatic rings. The smallest absolute Gasteiger partial charge is 0.307 e. The van der Waals surface area contributed by atoms with Crippen molar-refractivity contribution in [2.75, 3.05) is 13.2 Å². The minimum atomic E-state index is -3.72. The van der Waals surface area contributed by atoms with Crippen molar-refractivity contribution in [3.8, 4) is 5.75 Å². The lowest BCUT2D eigenvalue weighted by atomic mass is 10.1. The maximum absolute atomic E-state index is 12.2. The molecule has 118 valence electrons. The highest BCUT2D eigenvalue weighted by molar-refractivity contribution is 7.89. The van der Waals surface area contributed by atoms with E-state index in [2.05, 4.69) is 4.72 Å². The third-order valence-electron chi connectivity index (χ3n) is 3.12. The van der Waals surface area contributed by atoms with E-state index in [0.717, 1.165) is 0 Å². The first-order chi connectivity index (χ1) is 9.81. The van der Waals surface area contributed by atoms with E-state index in [4.69, 9.17) is 9.84 Å². The molecule has 1 atom stereocenters. The Bertz CT molecular complexity index is 597. The predicted octanol–water partition coefficient (Wildman–Crippen LogP) is 1.78. The number of rotatable bonds is 8. The van der Waals surface area contributed by atoms with E-state index in [0.29, 0.717) is 24.3 Å². The minimum Gasteiger partial charge on any atom is -0.494 e. The number of carboxylic acids is 1. The summed E-state index contributed by atoms with van der Waals surface area (Å²) in [6.07, 6.45) is 0.361. The molecule has 0 bridgehead atoms. The lowest BCUT2D eigenvalue weighted by molar-refractivity contribution is -0.141. The van der Waals surface area contributed by atoms with E-state index in [1.54, 1.807) is 19.9 Å². The first-order valence-corrected chi connectivity index (χ1v) is 8.26. The molecular weight excluding hydrogens is 294 g/mol. The third-order valence-corrected chi connectivity index (χ3v) is 4.54. The van der Waals surface area contributed by atoms with Crippen LogP contribution in [0.4, 0.5) is 0 Å². The number of sulfonamides is 1. The molecule has 7 heteroatoms. The molecule has 6 nitrogen and oxygen atoms in total. The number of carbonyl (C=O) groups is 1. The summed E-state index contributed by atoms with van der Waals surface area (Å²) >= 11 is 0. The number of hydrogen-bond donors (Lipinski definition) is 2. The topological polar surface area (TPSA) is 92.7 Å². The number of ether oxygens (including phenoxy) is 1. The Morgan fingerprint density at radius 1 is 1.38 bits per heavy atom. The number of hydrogen-bond acceptors (Lipinski definition) is 4. The van der Waals surface area contributed by atoms with Gasteiger partial charge in [-0.25, -0.2) is 13.1 Å². The SMILES string of the molecule is CCOc1ccc(S(=O)(=O)NCC(CC)C(=O)O)cc1C. The van der Waals surface area contributed by atoms with Crippen LogP contribution in [-0.4, -0.2) is 32.6 Å². The van der Waals surface area contributed by atoms with Crippen LogP contribution in [-0.2, 0) is 14.8 Å². The minimum absolute atomic E-state index is 0.101. The van der Waals surface area contributed by atoms with Crippen LogP contribution < -0.4 is 9.46 Å². The molecule has 1 rings (SSSR count). The Morgan fingerprint density at radius 2 is 2.05 bits per heavy atom. The zero-order chi connectivity index (χ0) is 16.0. The van der Waals surface area contributed by atoms with Crippen LogP contribution in [0.15, 0.2) is 23.1 Å². The van der Waals surface area contributed by atoms with Gasteiger partial charge in [-0.15, -0.1) is 0 Å². The maximum Gasteiger partial charge on any atom is 0.307 e. The van der Waals surface area contributed by atoms with Gasteiger partial charge in [0.2, 0.25) is 10.0 Å². The number of aryl methyl sites for hydroxylation is 1. The molecule has 1 aromatic carbocycles. The van der Waals surface area contributed by atoms with Gasteiger partial charge >= 0.3 is 5.97 Å². The van der Waals surface area contributed by atoms with Gasteiger partial charge in [-0.3, -0.25) is 4.79 Å². The Balaban J connectivity index is 2.88. The fourth-order valence-corrected chi connectivity index (χ4v) is 2.97. The molecule has 0 fully saturated rings. The Morgan fingerprint density at radius 3 is 2.52 bits per heavy atom. The van der Waals surface area contributed by atoms with Crippen LogP contribution in [0.2, 0.25) is 0 Å². The lowest BCUT2D eigenvalue weighted by Crippen LogP contribution is -2.32. The van der Waals surface area contributed by atoms with Gasteiger partial charge in [0, 0.05) is 6.54 Å². The van der Waals surface area contributed by atoms with Gasteiger partial charge in [-0.05, 0) is 44.0 Å². The second kappa shape index (κ2) is 7.42. The van der Waals surface area contributed by atoms with E-state index in [1.807, 2.05) is 6.92 Å². The van der Waals surface area contributed by atoms with E-state index < -0.39 is 21.9 Å². The van der Waals surface area contributed by atoms with E-state index in [-0.39, 0.29) is 11.4 Å². The van der Waals surface area contributed by atoms with Crippen molar-refractivity contribution >= 4 is 16.0 Å². The summed E-state index contributed by atoms with van der Waals surface area (Å²) in [6, 6.07) is 4.55. The zero-order valence-corrected chi connectivity index (χ0v) is 13.2. The largest absolute Gasteiger partial charge is 0.494 e. The zero-order valence-electron chi connectivity index (χ0n) is 12.4. The van der Waals surface area contributed by atoms with Crippen molar-refractivity contribution in [1.82, 2.24) is 4.72 Å². The maximum atomic E-state index is 12.2. The van der Waals surface area contributed by atoms with Crippen LogP contribution in [0, 0.1) is 12.8 Å². The molecule has 0 saturated carbocycles. The van der Waals surface area contributed by atoms with Crippen molar-refractivity contribution in [2.45, 2.75) is 32.1 Å². The highest BCUT2D eigenvalue weighted by Crippen LogP contribution is 2.21. The fraction of sp³-hybridized carbons (Fsp3) is 0.500. The Labute approximate surface area is 125 Å². The molecule has 1 unspecified atom stereocenters. The lowest BCUT2D eigenvalue weighted by Gasteiger charge is -2.13. The van der Waals surface area contributed by atoms with Gasteiger partial charge in [0.1, 0.15) is 5.75 Å². The molecule has 2 N–H and O–H groups in total. The number of aliphatic carboxylic acids is 1. The third kappa shape index (κ3) is 4.71. The molecule has 0 amide bonds. The second-order valence-corrected chi connectivity index (χ2v) is 6.42. The first kappa shape index (κ1) is 17.5. The van der Waals surface area contributed by atoms with Gasteiger partial charge in [-0.2, -0.15) is 0 Å². The molecule has 0 aliphatic heterocycles. The monoisotopic (exact) mass is 315 g/mol. The Kier molecular flexibility index (Phi) is 6.17. The molecule has 0 saturated heterocycles. The summed E-state index contributed by atoms with van der Waals surface area (Å²) in [6.45, 7) is 5.69. The highest BCUT2D eigenvalue weighted by Gasteiger charge is 2.20. The summed E-state index contributed by atoms with van der Waals surface area (Å²) < 4.78 is 32.0. The summed E-state index contributed by atoms with van der Waals surface area (Å²) in [5.74, 6) is -1.11. The second-order valence-electron chi connectivity index (χ2n) is 4.66. The first-order valence-electron chi connectivity index (χ1n) is 6.77. The van der Waals surface area contributed by atoms with E-state index in [9.17, 15) is 13.2 Å². The van der Waals surface area contributed by atoms with Gasteiger partial charge in [-0.1, -0.05) is 6.92 Å². The van der Waals surface area contributed by atoms with Gasteiger partial charge in [0.05, 0.1) is 17.4 Å². The van der Waals surface area contributed by atoms with Crippen molar-refractivity contribution < 1.29 is 23.1 Å². The van der Waals surface area contributed by atoms with Crippen LogP contribution in [0.5, 0.6) is 5.75 Å². The van der Waals surface area contributed by atoms with Crippen LogP contribution >= 0.6 is 0 Å². The van der Waals surface area contributed by atoms with Crippen LogP contribution in [0.3, 0.4) is 0 Å². The van der Waals surface area contributed by atoms with E-state index >= 15 is 0 Å². The summed E-state index contributed by atoms with van der Waals surface area (Å²) in [7, 11) is -3.72. The molecule has 0 spiro atoms. The van der Waals surface area contributed by atoms with Crippen molar-refractivity contribution in [2.24, 2.45) is 5.92 Å². The van der Waals surface area contributed by atoms with Crippen molar-refractivity contribution in [3.63, 3.8) is 0 Å². The molecular formula is C14H21NO5S. The standard InChI is InChI=1S/C14H21NO5S/c1-4-11(14(16)17)9-15-21(18,19)12-6-7-13(20-5-2)10(3)8-12/h6-8,11,15H,4-5,9H2,1-3H3,(H,16,17). The number of nitrogens with one attached hydrogen (secondary N) is 1. The van der Waals surface area contributed by atoms with Crippen LogP contribution in [0.1, 0.15) is 25.8 Å². The summed E-state index contributed by atoms with van der Waals surface area (Å²) in [5.41, 5.74) is 0.713. The highest BCUT2D eigenvalue weighted by atomic mass is 32.2. The molecule has 0 aromatic heterocycles. The number of carboxylic acid groups (broad SMARTS) is 1. The van der Waals surface area contributed by atoms with Crippen molar-refractivity contribution in [1.29, 1.82) is 0 Å². The molecule has 0 radical (unpaired) electrons. The molecule has 0 aliphatic carbocycles. The van der Waals surface area contributed by atoms with Crippen molar-refractivity contribution in [3.05, 3.63) is 23.8 Å². The average molecular weight is 315 g/mol. The fourth-order valence-electron chi connectivity index (χ4n) is 1.81. The van der Waals surface area contributed by atoms with Gasteiger partial charge < -0.3 is 9.84 Å². The average Bonchev–Trinajstić information content (AvgIpc) is 2.41. The molecule has 0 heterocycles. The number of benzene rings is 1. The molecule has 0 aliphatic rings. The molecule has 21 heavy (non-hydrogen) atoms. The van der Waals surface area contributed by atoms with Gasteiger partial charge in [0.25, 0.3) is 0 Å². The quantitative estimate of drug-likeness (QED) is 0.763. The normalized spacial score (nSPS) is 12.9.